The summed E-state index contributed by atoms with van der Waals surface area (Å²) in [4.78, 5) is 33.3. The predicted molar refractivity (Wildman–Crippen MR) is 180 cm³/mol. The number of piperazine rings is 1. The van der Waals surface area contributed by atoms with Gasteiger partial charge in [-0.2, -0.15) is 0 Å². The molecule has 1 aromatic heterocycles. The van der Waals surface area contributed by atoms with Gasteiger partial charge in [0.05, 0.1) is 23.6 Å². The third kappa shape index (κ3) is 4.76. The molecule has 248 valence electrons. The molecule has 5 atom stereocenters. The highest BCUT2D eigenvalue weighted by Crippen LogP contribution is 2.62. The van der Waals surface area contributed by atoms with Gasteiger partial charge in [-0.25, -0.2) is 13.1 Å². The number of hydrogen-bond donors (Lipinski definition) is 1. The molecule has 47 heavy (non-hydrogen) atoms. The normalized spacial score (nSPS) is 28.7. The minimum absolute atomic E-state index is 0.135. The van der Waals surface area contributed by atoms with Crippen LogP contribution in [0.1, 0.15) is 104 Å². The van der Waals surface area contributed by atoms with Crippen LogP contribution in [0.5, 0.6) is 5.75 Å². The maximum absolute atomic E-state index is 15.2. The first kappa shape index (κ1) is 29.7. The van der Waals surface area contributed by atoms with Gasteiger partial charge in [-0.15, -0.1) is 0 Å². The lowest BCUT2D eigenvalue weighted by molar-refractivity contribution is -0.141. The summed E-state index contributed by atoms with van der Waals surface area (Å²) in [5.74, 6) is 1.17. The van der Waals surface area contributed by atoms with Crippen LogP contribution in [-0.4, -0.2) is 79.2 Å². The Morgan fingerprint density at radius 2 is 1.66 bits per heavy atom. The van der Waals surface area contributed by atoms with Crippen LogP contribution in [0.3, 0.4) is 0 Å². The minimum atomic E-state index is -3.70. The second-order valence-corrected chi connectivity index (χ2v) is 17.1. The van der Waals surface area contributed by atoms with E-state index in [0.29, 0.717) is 24.3 Å². The van der Waals surface area contributed by atoms with Crippen molar-refractivity contribution in [1.29, 1.82) is 0 Å². The molecule has 5 fully saturated rings. The fourth-order valence-electron chi connectivity index (χ4n) is 9.72. The molecule has 3 aliphatic heterocycles. The van der Waals surface area contributed by atoms with E-state index in [1.54, 1.807) is 13.2 Å². The summed E-state index contributed by atoms with van der Waals surface area (Å²) >= 11 is 0. The minimum Gasteiger partial charge on any atom is -0.497 e. The Hall–Kier alpha value is -3.37. The molecule has 2 saturated heterocycles. The Morgan fingerprint density at radius 3 is 2.36 bits per heavy atom. The number of benzene rings is 2. The number of rotatable bonds is 6. The number of nitrogens with zero attached hydrogens (tertiary/aromatic N) is 3. The molecule has 4 heterocycles. The Morgan fingerprint density at radius 1 is 0.915 bits per heavy atom. The van der Waals surface area contributed by atoms with Crippen molar-refractivity contribution in [2.24, 2.45) is 5.92 Å². The van der Waals surface area contributed by atoms with Gasteiger partial charge in [0.25, 0.3) is 5.91 Å². The van der Waals surface area contributed by atoms with Crippen LogP contribution >= 0.6 is 0 Å². The molecule has 3 saturated carbocycles. The maximum Gasteiger partial charge on any atom is 0.264 e. The van der Waals surface area contributed by atoms with Gasteiger partial charge in [0.1, 0.15) is 11.8 Å². The Bertz CT molecular complexity index is 1890. The summed E-state index contributed by atoms with van der Waals surface area (Å²) in [6.45, 7) is 1.79. The number of likely N-dealkylation sites (tertiary alicyclic amines) is 1. The van der Waals surface area contributed by atoms with Crippen LogP contribution in [0.15, 0.2) is 36.4 Å². The molecule has 3 aromatic rings. The monoisotopic (exact) mass is 656 g/mol. The first-order chi connectivity index (χ1) is 22.7. The molecule has 5 unspecified atom stereocenters. The Labute approximate surface area is 276 Å². The second-order valence-electron chi connectivity index (χ2n) is 15.1. The van der Waals surface area contributed by atoms with Crippen LogP contribution in [0.2, 0.25) is 0 Å². The average molecular weight is 657 g/mol. The van der Waals surface area contributed by atoms with Crippen molar-refractivity contribution in [1.82, 2.24) is 19.1 Å². The van der Waals surface area contributed by atoms with E-state index in [0.717, 1.165) is 73.1 Å². The topological polar surface area (TPSA) is 101 Å². The zero-order valence-corrected chi connectivity index (χ0v) is 28.1. The van der Waals surface area contributed by atoms with Gasteiger partial charge in [0.15, 0.2) is 0 Å². The number of carbonyl (C=O) groups is 2. The van der Waals surface area contributed by atoms with E-state index in [2.05, 4.69) is 38.3 Å². The van der Waals surface area contributed by atoms with Crippen molar-refractivity contribution < 1.29 is 22.7 Å². The number of aromatic nitrogens is 1. The van der Waals surface area contributed by atoms with Crippen molar-refractivity contribution in [3.63, 3.8) is 0 Å². The second kappa shape index (κ2) is 10.8. The third-order valence-electron chi connectivity index (χ3n) is 12.1. The zero-order chi connectivity index (χ0) is 32.2. The lowest BCUT2D eigenvalue weighted by atomic mass is 9.81. The van der Waals surface area contributed by atoms with E-state index >= 15 is 4.79 Å². The molecule has 3 aliphatic carbocycles. The fourth-order valence-corrected chi connectivity index (χ4v) is 11.0. The van der Waals surface area contributed by atoms with Crippen molar-refractivity contribution in [2.45, 2.75) is 99.4 Å². The third-order valence-corrected chi connectivity index (χ3v) is 13.9. The molecule has 10 heteroatoms. The van der Waals surface area contributed by atoms with Crippen LogP contribution in [0.4, 0.5) is 0 Å². The molecule has 2 bridgehead atoms. The van der Waals surface area contributed by atoms with Gasteiger partial charge in [-0.1, -0.05) is 25.3 Å². The summed E-state index contributed by atoms with van der Waals surface area (Å²) < 4.78 is 35.9. The van der Waals surface area contributed by atoms with Crippen molar-refractivity contribution in [2.75, 3.05) is 27.2 Å². The molecule has 0 spiro atoms. The lowest BCUT2D eigenvalue weighted by Gasteiger charge is -2.41. The van der Waals surface area contributed by atoms with Crippen molar-refractivity contribution in [3.8, 4) is 17.0 Å². The summed E-state index contributed by atoms with van der Waals surface area (Å²) in [6.07, 6.45) is 9.92. The van der Waals surface area contributed by atoms with Gasteiger partial charge in [-0.05, 0) is 111 Å². The number of ether oxygens (including phenoxy) is 1. The summed E-state index contributed by atoms with van der Waals surface area (Å²) in [7, 11) is 0.160. The van der Waals surface area contributed by atoms with Gasteiger partial charge >= 0.3 is 0 Å². The standard InChI is InChI=1S/C37H44N4O5S/c1-39-19-23-9-10-24(20-39)40(23)37(43)35-31-18-30(31)29-17-25(46-2)11-15-27(29)34-33(21-6-4-3-5-7-21)28-14-8-22(16-32(28)41(34)35)36(42)38-47(44,45)26-12-13-26/h8,11,14-17,21,23-24,26,30-31,35H,3-7,9-10,12-13,18-20H2,1-2H3,(H,38,42). The van der Waals surface area contributed by atoms with E-state index in [9.17, 15) is 13.2 Å². The number of nitrogens with one attached hydrogen (secondary N) is 1. The highest BCUT2D eigenvalue weighted by atomic mass is 32.2. The highest BCUT2D eigenvalue weighted by Gasteiger charge is 2.55. The summed E-state index contributed by atoms with van der Waals surface area (Å²) in [6, 6.07) is 12.1. The lowest BCUT2D eigenvalue weighted by Crippen LogP contribution is -2.56. The first-order valence-electron chi connectivity index (χ1n) is 17.7. The summed E-state index contributed by atoms with van der Waals surface area (Å²) in [5, 5.41) is 0.590. The van der Waals surface area contributed by atoms with Crippen LogP contribution < -0.4 is 9.46 Å². The number of fused-ring (bicyclic) bond motifs is 9. The number of amides is 2. The number of sulfonamides is 1. The van der Waals surface area contributed by atoms with E-state index in [1.165, 1.54) is 30.4 Å². The molecule has 2 aromatic carbocycles. The van der Waals surface area contributed by atoms with Crippen molar-refractivity contribution in [3.05, 3.63) is 53.1 Å². The fraction of sp³-hybridized carbons (Fsp3) is 0.568. The van der Waals surface area contributed by atoms with Crippen LogP contribution in [-0.2, 0) is 14.8 Å². The zero-order valence-electron chi connectivity index (χ0n) is 27.3. The summed E-state index contributed by atoms with van der Waals surface area (Å²) in [5.41, 5.74) is 5.99. The predicted octanol–water partition coefficient (Wildman–Crippen LogP) is 5.55. The smallest absolute Gasteiger partial charge is 0.264 e. The van der Waals surface area contributed by atoms with E-state index in [1.807, 2.05) is 18.2 Å². The number of methoxy groups -OCH3 is 1. The van der Waals surface area contributed by atoms with E-state index < -0.39 is 27.2 Å². The van der Waals surface area contributed by atoms with Gasteiger partial charge in [-0.3, -0.25) is 9.59 Å². The van der Waals surface area contributed by atoms with Gasteiger partial charge in [0.2, 0.25) is 15.9 Å². The molecule has 0 radical (unpaired) electrons. The molecule has 2 amide bonds. The highest BCUT2D eigenvalue weighted by molar-refractivity contribution is 7.91. The maximum atomic E-state index is 15.2. The molecular formula is C37H44N4O5S. The number of likely N-dealkylation sites (N-methyl/N-ethyl adjacent to an activating group) is 1. The molecule has 6 aliphatic rings. The van der Waals surface area contributed by atoms with Gasteiger partial charge in [0, 0.05) is 41.7 Å². The average Bonchev–Trinajstić information content (AvgIpc) is 3.99. The van der Waals surface area contributed by atoms with E-state index in [4.69, 9.17) is 4.74 Å². The van der Waals surface area contributed by atoms with Crippen LogP contribution in [0, 0.1) is 5.92 Å². The quantitative estimate of drug-likeness (QED) is 0.374. The largest absolute Gasteiger partial charge is 0.497 e. The molecule has 9 nitrogen and oxygen atoms in total. The Kier molecular flexibility index (Phi) is 6.85. The first-order valence-corrected chi connectivity index (χ1v) is 19.2. The van der Waals surface area contributed by atoms with Gasteiger partial charge < -0.3 is 19.1 Å². The molecule has 9 rings (SSSR count). The Balaban J connectivity index is 1.26. The molecular weight excluding hydrogens is 612 g/mol. The van der Waals surface area contributed by atoms with E-state index in [-0.39, 0.29) is 29.8 Å². The van der Waals surface area contributed by atoms with Crippen molar-refractivity contribution >= 4 is 32.7 Å². The number of carbonyl (C=O) groups excluding carboxylic acids is 2. The molecule has 1 N–H and O–H groups in total. The van der Waals surface area contributed by atoms with Crippen LogP contribution in [0.25, 0.3) is 22.2 Å². The number of hydrogen-bond acceptors (Lipinski definition) is 6. The SMILES string of the molecule is COc1ccc2c(c1)C1CC1C(C(=O)N1C3CCC1CN(C)C3)n1c-2c(C2CCCCC2)c2ccc(C(=O)NS(=O)(=O)C3CC3)cc21.